The maximum atomic E-state index is 10.8. The summed E-state index contributed by atoms with van der Waals surface area (Å²) in [5, 5.41) is 17.6. The van der Waals surface area contributed by atoms with E-state index in [0.717, 1.165) is 63.8 Å². The molecule has 0 aliphatic carbocycles. The van der Waals surface area contributed by atoms with Crippen molar-refractivity contribution in [3.05, 3.63) is 39.9 Å². The summed E-state index contributed by atoms with van der Waals surface area (Å²) in [7, 11) is 0. The van der Waals surface area contributed by atoms with E-state index in [0.29, 0.717) is 6.54 Å². The van der Waals surface area contributed by atoms with Crippen LogP contribution < -0.4 is 10.6 Å². The van der Waals surface area contributed by atoms with E-state index < -0.39 is 0 Å². The van der Waals surface area contributed by atoms with Gasteiger partial charge in [0.15, 0.2) is 5.96 Å². The molecule has 0 radical (unpaired) electrons. The Morgan fingerprint density at radius 2 is 1.90 bits per heavy atom. The van der Waals surface area contributed by atoms with Gasteiger partial charge in [-0.2, -0.15) is 0 Å². The van der Waals surface area contributed by atoms with Crippen LogP contribution in [0.3, 0.4) is 0 Å². The molecule has 1 fully saturated rings. The van der Waals surface area contributed by atoms with Crippen molar-refractivity contribution >= 4 is 35.6 Å². The monoisotopic (exact) mass is 519 g/mol. The fourth-order valence-electron chi connectivity index (χ4n) is 3.03. The zero-order chi connectivity index (χ0) is 20.4. The Labute approximate surface area is 190 Å². The molecule has 1 saturated heterocycles. The number of ether oxygens (including phenoxy) is 1. The van der Waals surface area contributed by atoms with Crippen LogP contribution in [0.5, 0.6) is 0 Å². The second-order valence-corrected chi connectivity index (χ2v) is 7.63. The lowest BCUT2D eigenvalue weighted by molar-refractivity contribution is -0.384. The first-order valence-electron chi connectivity index (χ1n) is 10.0. The molecule has 1 aromatic carbocycles. The molecule has 2 N–H and O–H groups in total. The third-order valence-corrected chi connectivity index (χ3v) is 4.95. The number of nitro groups is 1. The topological polar surface area (TPSA) is 92.0 Å². The van der Waals surface area contributed by atoms with Crippen molar-refractivity contribution in [3.63, 3.8) is 0 Å². The van der Waals surface area contributed by atoms with Gasteiger partial charge in [-0.15, -0.1) is 24.0 Å². The first kappa shape index (κ1) is 25.6. The predicted octanol–water partition coefficient (Wildman–Crippen LogP) is 3.16. The molecule has 29 heavy (non-hydrogen) atoms. The minimum Gasteiger partial charge on any atom is -0.379 e. The van der Waals surface area contributed by atoms with E-state index in [-0.39, 0.29) is 40.1 Å². The number of nitro benzene ring substituents is 1. The molecule has 1 aliphatic rings. The SMILES string of the molecule is CCCCNC(=NCc1ccc([N+](=O)[O-])cc1)NCC(C)(C)N1CCOCC1.I. The van der Waals surface area contributed by atoms with Crippen molar-refractivity contribution in [1.82, 2.24) is 15.5 Å². The fraction of sp³-hybridized carbons (Fsp3) is 0.650. The van der Waals surface area contributed by atoms with Gasteiger partial charge in [-0.3, -0.25) is 15.0 Å². The lowest BCUT2D eigenvalue weighted by Crippen LogP contribution is -2.56. The van der Waals surface area contributed by atoms with Crippen LogP contribution in [-0.2, 0) is 11.3 Å². The molecule has 2 rings (SSSR count). The highest BCUT2D eigenvalue weighted by Gasteiger charge is 2.28. The number of guanidine groups is 1. The average Bonchev–Trinajstić information content (AvgIpc) is 2.70. The smallest absolute Gasteiger partial charge is 0.269 e. The van der Waals surface area contributed by atoms with Gasteiger partial charge < -0.3 is 15.4 Å². The number of nitrogens with one attached hydrogen (secondary N) is 2. The molecule has 0 aromatic heterocycles. The Hall–Kier alpha value is -1.46. The van der Waals surface area contributed by atoms with Crippen molar-refractivity contribution < 1.29 is 9.66 Å². The number of halogens is 1. The average molecular weight is 519 g/mol. The van der Waals surface area contributed by atoms with E-state index in [1.54, 1.807) is 12.1 Å². The number of hydrogen-bond donors (Lipinski definition) is 2. The third kappa shape index (κ3) is 8.83. The van der Waals surface area contributed by atoms with Crippen LogP contribution in [0, 0.1) is 10.1 Å². The van der Waals surface area contributed by atoms with Crippen LogP contribution in [0.1, 0.15) is 39.2 Å². The van der Waals surface area contributed by atoms with Gasteiger partial charge in [0, 0.05) is 43.9 Å². The van der Waals surface area contributed by atoms with Crippen molar-refractivity contribution in [2.75, 3.05) is 39.4 Å². The largest absolute Gasteiger partial charge is 0.379 e. The summed E-state index contributed by atoms with van der Waals surface area (Å²) in [6.45, 7) is 12.1. The molecule has 0 saturated carbocycles. The zero-order valence-corrected chi connectivity index (χ0v) is 20.0. The summed E-state index contributed by atoms with van der Waals surface area (Å²) in [6.07, 6.45) is 2.19. The van der Waals surface area contributed by atoms with Crippen molar-refractivity contribution in [2.45, 2.75) is 45.7 Å². The maximum absolute atomic E-state index is 10.8. The van der Waals surface area contributed by atoms with E-state index in [9.17, 15) is 10.1 Å². The van der Waals surface area contributed by atoms with E-state index >= 15 is 0 Å². The van der Waals surface area contributed by atoms with Crippen molar-refractivity contribution in [2.24, 2.45) is 4.99 Å². The zero-order valence-electron chi connectivity index (χ0n) is 17.6. The highest BCUT2D eigenvalue weighted by atomic mass is 127. The molecule has 8 nitrogen and oxygen atoms in total. The molecule has 164 valence electrons. The standard InChI is InChI=1S/C20H33N5O3.HI/c1-4-5-10-21-19(22-15-17-6-8-18(9-7-17)25(26)27)23-16-20(2,3)24-11-13-28-14-12-24;/h6-9H,4-5,10-16H2,1-3H3,(H2,21,22,23);1H. The highest BCUT2D eigenvalue weighted by molar-refractivity contribution is 14.0. The number of hydrogen-bond acceptors (Lipinski definition) is 5. The van der Waals surface area contributed by atoms with Crippen LogP contribution in [0.2, 0.25) is 0 Å². The summed E-state index contributed by atoms with van der Waals surface area (Å²) in [5.41, 5.74) is 1.03. The number of benzene rings is 1. The lowest BCUT2D eigenvalue weighted by Gasteiger charge is -2.41. The molecular weight excluding hydrogens is 485 g/mol. The van der Waals surface area contributed by atoms with Gasteiger partial charge in [0.2, 0.25) is 0 Å². The number of unbranched alkanes of at least 4 members (excludes halogenated alkanes) is 1. The first-order chi connectivity index (χ1) is 13.4. The molecule has 0 atom stereocenters. The van der Waals surface area contributed by atoms with Crippen LogP contribution in [0.15, 0.2) is 29.3 Å². The molecule has 0 spiro atoms. The molecule has 0 unspecified atom stereocenters. The van der Waals surface area contributed by atoms with Crippen molar-refractivity contribution in [1.29, 1.82) is 0 Å². The van der Waals surface area contributed by atoms with Crippen LogP contribution in [0.4, 0.5) is 5.69 Å². The van der Waals surface area contributed by atoms with Gasteiger partial charge >= 0.3 is 0 Å². The number of nitrogens with zero attached hydrogens (tertiary/aromatic N) is 3. The summed E-state index contributed by atoms with van der Waals surface area (Å²) < 4.78 is 5.46. The van der Waals surface area contributed by atoms with Gasteiger partial charge in [0.25, 0.3) is 5.69 Å². The van der Waals surface area contributed by atoms with Crippen LogP contribution in [0.25, 0.3) is 0 Å². The van der Waals surface area contributed by atoms with E-state index in [2.05, 4.69) is 41.3 Å². The second-order valence-electron chi connectivity index (χ2n) is 7.63. The van der Waals surface area contributed by atoms with Crippen LogP contribution in [-0.4, -0.2) is 60.7 Å². The van der Waals surface area contributed by atoms with Gasteiger partial charge in [0.05, 0.1) is 24.7 Å². The van der Waals surface area contributed by atoms with E-state index in [1.807, 2.05) is 0 Å². The third-order valence-electron chi connectivity index (χ3n) is 4.95. The van der Waals surface area contributed by atoms with E-state index in [4.69, 9.17) is 4.74 Å². The second kappa shape index (κ2) is 13.0. The molecule has 9 heteroatoms. The first-order valence-corrected chi connectivity index (χ1v) is 10.0. The van der Waals surface area contributed by atoms with Gasteiger partial charge in [-0.25, -0.2) is 4.99 Å². The Kier molecular flexibility index (Phi) is 11.4. The van der Waals surface area contributed by atoms with Gasteiger partial charge in [-0.05, 0) is 25.8 Å². The number of aliphatic imine (C=N–C) groups is 1. The Morgan fingerprint density at radius 3 is 2.48 bits per heavy atom. The summed E-state index contributed by atoms with van der Waals surface area (Å²) >= 11 is 0. The van der Waals surface area contributed by atoms with Gasteiger partial charge in [0.1, 0.15) is 0 Å². The van der Waals surface area contributed by atoms with Crippen LogP contribution >= 0.6 is 24.0 Å². The minimum absolute atomic E-state index is 0. The van der Waals surface area contributed by atoms with Crippen molar-refractivity contribution in [3.8, 4) is 0 Å². The summed E-state index contributed by atoms with van der Waals surface area (Å²) in [5.74, 6) is 0.771. The van der Waals surface area contributed by atoms with Gasteiger partial charge in [-0.1, -0.05) is 25.5 Å². The Morgan fingerprint density at radius 1 is 1.24 bits per heavy atom. The number of morpholine rings is 1. The number of non-ortho nitro benzene ring substituents is 1. The normalized spacial score (nSPS) is 15.5. The summed E-state index contributed by atoms with van der Waals surface area (Å²) in [4.78, 5) is 17.5. The van der Waals surface area contributed by atoms with E-state index in [1.165, 1.54) is 12.1 Å². The minimum atomic E-state index is -0.389. The molecule has 0 bridgehead atoms. The molecule has 1 heterocycles. The molecule has 1 aromatic rings. The molecule has 1 aliphatic heterocycles. The fourth-order valence-corrected chi connectivity index (χ4v) is 3.03. The maximum Gasteiger partial charge on any atom is 0.269 e. The Balaban J connectivity index is 0.00000420. The highest BCUT2D eigenvalue weighted by Crippen LogP contribution is 2.15. The summed E-state index contributed by atoms with van der Waals surface area (Å²) in [6, 6.07) is 6.54. The lowest BCUT2D eigenvalue weighted by atomic mass is 10.0. The molecular formula is C20H34IN5O3. The molecule has 0 amide bonds. The number of rotatable bonds is 9. The quantitative estimate of drug-likeness (QED) is 0.130. The predicted molar refractivity (Wildman–Crippen MR) is 127 cm³/mol. The Bertz CT molecular complexity index is 646.